The number of rotatable bonds is 4. The van der Waals surface area contributed by atoms with Crippen molar-refractivity contribution in [3.63, 3.8) is 0 Å². The number of nitrogens with one attached hydrogen (secondary N) is 1. The minimum Gasteiger partial charge on any atom is -0.465 e. The molecule has 19 heavy (non-hydrogen) atoms. The summed E-state index contributed by atoms with van der Waals surface area (Å²) in [5, 5.41) is 3.05. The number of hydrogen-bond acceptors (Lipinski definition) is 5. The summed E-state index contributed by atoms with van der Waals surface area (Å²) in [4.78, 5) is 11.5. The first-order chi connectivity index (χ1) is 9.11. The lowest BCUT2D eigenvalue weighted by molar-refractivity contribution is 0.0602. The number of nitrogens with two attached hydrogens (primary N) is 1. The molecule has 1 aromatic carbocycles. The molecule has 3 N–H and O–H groups in total. The number of nitrogen functional groups attached to an aromatic ring is 1. The Hall–Kier alpha value is -1.43. The van der Waals surface area contributed by atoms with E-state index >= 15 is 0 Å². The topological polar surface area (TPSA) is 64.3 Å². The predicted molar refractivity (Wildman–Crippen MR) is 76.1 cm³/mol. The molecule has 1 unspecified atom stereocenters. The molecule has 1 aromatic rings. The summed E-state index contributed by atoms with van der Waals surface area (Å²) in [7, 11) is 1.27. The lowest BCUT2D eigenvalue weighted by atomic mass is 10.1. The van der Waals surface area contributed by atoms with Crippen LogP contribution >= 0.6 is 11.8 Å². The van der Waals surface area contributed by atoms with Gasteiger partial charge in [0.15, 0.2) is 0 Å². The standard InChI is InChI=1S/C13H17FN2O2S/c1-18-13(17)9-4-12(10(14)5-11(9)15)16-6-8-2-3-19-7-8/h4-5,8,16H,2-3,6-7,15H2,1H3. The molecule has 0 aliphatic carbocycles. The number of methoxy groups -OCH3 is 1. The summed E-state index contributed by atoms with van der Waals surface area (Å²) in [5.41, 5.74) is 6.19. The van der Waals surface area contributed by atoms with E-state index in [0.717, 1.165) is 24.0 Å². The first-order valence-electron chi connectivity index (χ1n) is 6.10. The molecule has 0 saturated carbocycles. The van der Waals surface area contributed by atoms with Gasteiger partial charge in [0.2, 0.25) is 0 Å². The second-order valence-corrected chi connectivity index (χ2v) is 5.67. The van der Waals surface area contributed by atoms with Gasteiger partial charge in [0.05, 0.1) is 18.4 Å². The lowest BCUT2D eigenvalue weighted by Crippen LogP contribution is -2.15. The highest BCUT2D eigenvalue weighted by Gasteiger charge is 2.18. The van der Waals surface area contributed by atoms with Crippen LogP contribution < -0.4 is 11.1 Å². The van der Waals surface area contributed by atoms with Crippen LogP contribution in [0.4, 0.5) is 15.8 Å². The molecule has 0 amide bonds. The summed E-state index contributed by atoms with van der Waals surface area (Å²) in [6, 6.07) is 2.57. The Labute approximate surface area is 115 Å². The number of halogens is 1. The monoisotopic (exact) mass is 284 g/mol. The number of hydrogen-bond donors (Lipinski definition) is 2. The Morgan fingerprint density at radius 3 is 3.05 bits per heavy atom. The van der Waals surface area contributed by atoms with Gasteiger partial charge in [0.25, 0.3) is 0 Å². The van der Waals surface area contributed by atoms with Crippen molar-refractivity contribution in [2.45, 2.75) is 6.42 Å². The number of thioether (sulfide) groups is 1. The number of ether oxygens (including phenoxy) is 1. The molecule has 1 aliphatic rings. The van der Waals surface area contributed by atoms with Gasteiger partial charge in [-0.1, -0.05) is 0 Å². The molecular formula is C13H17FN2O2S. The molecular weight excluding hydrogens is 267 g/mol. The van der Waals surface area contributed by atoms with Gasteiger partial charge in [-0.25, -0.2) is 9.18 Å². The number of benzene rings is 1. The molecule has 1 aliphatic heterocycles. The molecule has 4 nitrogen and oxygen atoms in total. The molecule has 104 valence electrons. The van der Waals surface area contributed by atoms with Crippen molar-refractivity contribution in [2.75, 3.05) is 36.2 Å². The Balaban J connectivity index is 2.12. The fraction of sp³-hybridized carbons (Fsp3) is 0.462. The van der Waals surface area contributed by atoms with E-state index < -0.39 is 11.8 Å². The summed E-state index contributed by atoms with van der Waals surface area (Å²) >= 11 is 1.91. The molecule has 1 fully saturated rings. The Bertz CT molecular complexity index is 476. The number of esters is 1. The SMILES string of the molecule is COC(=O)c1cc(NCC2CCSC2)c(F)cc1N. The maximum atomic E-state index is 13.8. The number of anilines is 2. The lowest BCUT2D eigenvalue weighted by Gasteiger charge is -2.14. The van der Waals surface area contributed by atoms with Crippen LogP contribution in [0.3, 0.4) is 0 Å². The highest BCUT2D eigenvalue weighted by molar-refractivity contribution is 7.99. The highest BCUT2D eigenvalue weighted by atomic mass is 32.2. The first kappa shape index (κ1) is 14.0. The van der Waals surface area contributed by atoms with Crippen LogP contribution in [0.2, 0.25) is 0 Å². The van der Waals surface area contributed by atoms with Crippen molar-refractivity contribution in [3.8, 4) is 0 Å². The second-order valence-electron chi connectivity index (χ2n) is 4.52. The zero-order valence-corrected chi connectivity index (χ0v) is 11.6. The predicted octanol–water partition coefficient (Wildman–Crippen LogP) is 2.36. The maximum absolute atomic E-state index is 13.8. The fourth-order valence-corrected chi connectivity index (χ4v) is 3.29. The minimum atomic E-state index is -0.558. The van der Waals surface area contributed by atoms with Crippen LogP contribution in [0.5, 0.6) is 0 Å². The molecule has 0 bridgehead atoms. The van der Waals surface area contributed by atoms with E-state index in [9.17, 15) is 9.18 Å². The van der Waals surface area contributed by atoms with Gasteiger partial charge in [0, 0.05) is 12.2 Å². The van der Waals surface area contributed by atoms with Gasteiger partial charge >= 0.3 is 5.97 Å². The van der Waals surface area contributed by atoms with E-state index in [-0.39, 0.29) is 11.3 Å². The first-order valence-corrected chi connectivity index (χ1v) is 7.26. The minimum absolute atomic E-state index is 0.0892. The van der Waals surface area contributed by atoms with Crippen LogP contribution in [0.15, 0.2) is 12.1 Å². The van der Waals surface area contributed by atoms with Crippen LogP contribution in [-0.4, -0.2) is 31.1 Å². The number of carbonyl (C=O) groups excluding carboxylic acids is 1. The van der Waals surface area contributed by atoms with Gasteiger partial charge in [-0.15, -0.1) is 0 Å². The van der Waals surface area contributed by atoms with E-state index in [1.54, 1.807) is 0 Å². The molecule has 1 heterocycles. The van der Waals surface area contributed by atoms with Crippen molar-refractivity contribution in [1.29, 1.82) is 0 Å². The van der Waals surface area contributed by atoms with E-state index in [1.165, 1.54) is 13.2 Å². The van der Waals surface area contributed by atoms with Crippen LogP contribution in [0.25, 0.3) is 0 Å². The third-order valence-electron chi connectivity index (χ3n) is 3.15. The van der Waals surface area contributed by atoms with Gasteiger partial charge in [-0.05, 0) is 36.0 Å². The van der Waals surface area contributed by atoms with Crippen LogP contribution in [0, 0.1) is 11.7 Å². The Kier molecular flexibility index (Phi) is 4.52. The average molecular weight is 284 g/mol. The van der Waals surface area contributed by atoms with Crippen LogP contribution in [0.1, 0.15) is 16.8 Å². The Morgan fingerprint density at radius 2 is 2.42 bits per heavy atom. The number of carbonyl (C=O) groups is 1. The van der Waals surface area contributed by atoms with Crippen LogP contribution in [-0.2, 0) is 4.74 Å². The molecule has 0 spiro atoms. The maximum Gasteiger partial charge on any atom is 0.340 e. The molecule has 0 radical (unpaired) electrons. The van der Waals surface area contributed by atoms with Gasteiger partial charge in [-0.2, -0.15) is 11.8 Å². The third kappa shape index (κ3) is 3.32. The van der Waals surface area contributed by atoms with E-state index in [4.69, 9.17) is 5.73 Å². The highest BCUT2D eigenvalue weighted by Crippen LogP contribution is 2.26. The fourth-order valence-electron chi connectivity index (χ4n) is 2.01. The molecule has 6 heteroatoms. The summed E-state index contributed by atoms with van der Waals surface area (Å²) in [6.07, 6.45) is 1.14. The Morgan fingerprint density at radius 1 is 1.63 bits per heavy atom. The van der Waals surface area contributed by atoms with E-state index in [2.05, 4.69) is 10.1 Å². The van der Waals surface area contributed by atoms with Crippen molar-refractivity contribution in [2.24, 2.45) is 5.92 Å². The normalized spacial score (nSPS) is 18.3. The third-order valence-corrected chi connectivity index (χ3v) is 4.38. The van der Waals surface area contributed by atoms with Crippen molar-refractivity contribution in [3.05, 3.63) is 23.5 Å². The van der Waals surface area contributed by atoms with E-state index in [1.807, 2.05) is 11.8 Å². The zero-order valence-electron chi connectivity index (χ0n) is 10.7. The largest absolute Gasteiger partial charge is 0.465 e. The van der Waals surface area contributed by atoms with Crippen molar-refractivity contribution in [1.82, 2.24) is 0 Å². The smallest absolute Gasteiger partial charge is 0.340 e. The average Bonchev–Trinajstić information content (AvgIpc) is 2.90. The van der Waals surface area contributed by atoms with Crippen molar-refractivity contribution < 1.29 is 13.9 Å². The molecule has 1 saturated heterocycles. The summed E-state index contributed by atoms with van der Waals surface area (Å²) < 4.78 is 18.4. The molecule has 1 atom stereocenters. The van der Waals surface area contributed by atoms with E-state index in [0.29, 0.717) is 18.2 Å². The zero-order chi connectivity index (χ0) is 13.8. The van der Waals surface area contributed by atoms with Gasteiger partial charge < -0.3 is 15.8 Å². The molecule has 0 aromatic heterocycles. The van der Waals surface area contributed by atoms with Gasteiger partial charge in [0.1, 0.15) is 5.82 Å². The summed E-state index contributed by atoms with van der Waals surface area (Å²) in [6.45, 7) is 0.703. The quantitative estimate of drug-likeness (QED) is 0.656. The summed E-state index contributed by atoms with van der Waals surface area (Å²) in [5.74, 6) is 1.79. The molecule has 2 rings (SSSR count). The van der Waals surface area contributed by atoms with Gasteiger partial charge in [-0.3, -0.25) is 0 Å². The second kappa shape index (κ2) is 6.14. The van der Waals surface area contributed by atoms with Crippen molar-refractivity contribution >= 4 is 29.1 Å².